The lowest BCUT2D eigenvalue weighted by atomic mass is 9.71. The Kier molecular flexibility index (Phi) is 3.91. The normalized spacial score (nSPS) is 25.8. The molecule has 2 rings (SSSR count). The molecule has 0 amide bonds. The van der Waals surface area contributed by atoms with Crippen molar-refractivity contribution in [3.05, 3.63) is 35.9 Å². The van der Waals surface area contributed by atoms with E-state index in [4.69, 9.17) is 0 Å². The van der Waals surface area contributed by atoms with E-state index in [1.807, 2.05) is 0 Å². The van der Waals surface area contributed by atoms with Crippen LogP contribution in [0.3, 0.4) is 0 Å². The fraction of sp³-hybridized carbons (Fsp3) is 0.647. The van der Waals surface area contributed by atoms with Crippen molar-refractivity contribution in [3.8, 4) is 0 Å². The van der Waals surface area contributed by atoms with Crippen LogP contribution in [0.2, 0.25) is 0 Å². The second-order valence-electron chi connectivity index (χ2n) is 6.58. The summed E-state index contributed by atoms with van der Waals surface area (Å²) in [4.78, 5) is 0. The standard InChI is InChI=1S/C17H26/c1-14-9-11-15(12-10-14)13-17(2,3)16-7-5-4-6-8-16/h4-8,14-15H,9-13H2,1-3H3. The second kappa shape index (κ2) is 5.25. The van der Waals surface area contributed by atoms with Crippen molar-refractivity contribution in [3.63, 3.8) is 0 Å². The minimum atomic E-state index is 0.340. The van der Waals surface area contributed by atoms with Gasteiger partial charge < -0.3 is 0 Å². The highest BCUT2D eigenvalue weighted by molar-refractivity contribution is 5.23. The first kappa shape index (κ1) is 12.7. The predicted octanol–water partition coefficient (Wildman–Crippen LogP) is 5.18. The van der Waals surface area contributed by atoms with Crippen LogP contribution in [0.15, 0.2) is 30.3 Å². The summed E-state index contributed by atoms with van der Waals surface area (Å²) >= 11 is 0. The van der Waals surface area contributed by atoms with E-state index in [0.717, 1.165) is 11.8 Å². The molecule has 0 aromatic heterocycles. The van der Waals surface area contributed by atoms with Gasteiger partial charge in [-0.15, -0.1) is 0 Å². The third-order valence-corrected chi connectivity index (χ3v) is 4.49. The van der Waals surface area contributed by atoms with Crippen molar-refractivity contribution in [1.82, 2.24) is 0 Å². The predicted molar refractivity (Wildman–Crippen MR) is 75.2 cm³/mol. The zero-order valence-corrected chi connectivity index (χ0v) is 11.6. The van der Waals surface area contributed by atoms with Crippen molar-refractivity contribution < 1.29 is 0 Å². The minimum Gasteiger partial charge on any atom is -0.0625 e. The van der Waals surface area contributed by atoms with Gasteiger partial charge in [0.1, 0.15) is 0 Å². The summed E-state index contributed by atoms with van der Waals surface area (Å²) < 4.78 is 0. The molecule has 0 aliphatic heterocycles. The smallest absolute Gasteiger partial charge is 0.0101 e. The first-order valence-electron chi connectivity index (χ1n) is 7.13. The molecule has 0 heterocycles. The minimum absolute atomic E-state index is 0.340. The summed E-state index contributed by atoms with van der Waals surface area (Å²) in [6.07, 6.45) is 7.11. The lowest BCUT2D eigenvalue weighted by Crippen LogP contribution is -2.24. The van der Waals surface area contributed by atoms with E-state index in [1.165, 1.54) is 37.7 Å². The van der Waals surface area contributed by atoms with Gasteiger partial charge in [-0.05, 0) is 29.2 Å². The number of rotatable bonds is 3. The molecule has 94 valence electrons. The van der Waals surface area contributed by atoms with Gasteiger partial charge in [-0.25, -0.2) is 0 Å². The monoisotopic (exact) mass is 230 g/mol. The van der Waals surface area contributed by atoms with Crippen LogP contribution >= 0.6 is 0 Å². The first-order valence-corrected chi connectivity index (χ1v) is 7.13. The van der Waals surface area contributed by atoms with E-state index in [0.29, 0.717) is 5.41 Å². The van der Waals surface area contributed by atoms with Crippen molar-refractivity contribution in [2.24, 2.45) is 11.8 Å². The van der Waals surface area contributed by atoms with Gasteiger partial charge in [0.2, 0.25) is 0 Å². The lowest BCUT2D eigenvalue weighted by molar-refractivity contribution is 0.240. The summed E-state index contributed by atoms with van der Waals surface area (Å²) in [6.45, 7) is 7.21. The van der Waals surface area contributed by atoms with Crippen molar-refractivity contribution >= 4 is 0 Å². The van der Waals surface area contributed by atoms with Crippen LogP contribution in [0.25, 0.3) is 0 Å². The van der Waals surface area contributed by atoms with Crippen LogP contribution in [-0.4, -0.2) is 0 Å². The van der Waals surface area contributed by atoms with Gasteiger partial charge >= 0.3 is 0 Å². The Bertz CT molecular complexity index is 328. The quantitative estimate of drug-likeness (QED) is 0.671. The summed E-state index contributed by atoms with van der Waals surface area (Å²) in [5.41, 5.74) is 1.84. The second-order valence-corrected chi connectivity index (χ2v) is 6.58. The van der Waals surface area contributed by atoms with E-state index in [9.17, 15) is 0 Å². The lowest BCUT2D eigenvalue weighted by Gasteiger charge is -2.34. The van der Waals surface area contributed by atoms with Gasteiger partial charge in [0, 0.05) is 0 Å². The molecule has 0 unspecified atom stereocenters. The van der Waals surface area contributed by atoms with Crippen LogP contribution < -0.4 is 0 Å². The molecular formula is C17H26. The van der Waals surface area contributed by atoms with E-state index < -0.39 is 0 Å². The van der Waals surface area contributed by atoms with Gasteiger partial charge in [0.05, 0.1) is 0 Å². The molecule has 0 nitrogen and oxygen atoms in total. The fourth-order valence-electron chi connectivity index (χ4n) is 3.26. The van der Waals surface area contributed by atoms with Crippen LogP contribution in [0.4, 0.5) is 0 Å². The van der Waals surface area contributed by atoms with Gasteiger partial charge in [0.15, 0.2) is 0 Å². The largest absolute Gasteiger partial charge is 0.0625 e. The van der Waals surface area contributed by atoms with E-state index in [1.54, 1.807) is 0 Å². The Balaban J connectivity index is 1.98. The van der Waals surface area contributed by atoms with Gasteiger partial charge in [0.25, 0.3) is 0 Å². The number of benzene rings is 1. The van der Waals surface area contributed by atoms with Crippen molar-refractivity contribution in [2.45, 2.75) is 58.3 Å². The topological polar surface area (TPSA) is 0 Å². The molecule has 1 fully saturated rings. The highest BCUT2D eigenvalue weighted by Gasteiger charge is 2.27. The van der Waals surface area contributed by atoms with Crippen LogP contribution in [0, 0.1) is 11.8 Å². The molecular weight excluding hydrogens is 204 g/mol. The molecule has 1 aliphatic rings. The average molecular weight is 230 g/mol. The molecule has 0 heteroatoms. The number of hydrogen-bond acceptors (Lipinski definition) is 0. The molecule has 1 aromatic carbocycles. The van der Waals surface area contributed by atoms with Crippen LogP contribution in [0.5, 0.6) is 0 Å². The molecule has 1 saturated carbocycles. The van der Waals surface area contributed by atoms with Crippen molar-refractivity contribution in [2.75, 3.05) is 0 Å². The van der Waals surface area contributed by atoms with Gasteiger partial charge in [-0.3, -0.25) is 0 Å². The summed E-state index contributed by atoms with van der Waals surface area (Å²) in [5, 5.41) is 0. The Hall–Kier alpha value is -0.780. The summed E-state index contributed by atoms with van der Waals surface area (Å²) in [6, 6.07) is 11.0. The van der Waals surface area contributed by atoms with Gasteiger partial charge in [-0.1, -0.05) is 76.8 Å². The molecule has 0 saturated heterocycles. The maximum atomic E-state index is 2.40. The third-order valence-electron chi connectivity index (χ3n) is 4.49. The molecule has 0 spiro atoms. The van der Waals surface area contributed by atoms with Crippen molar-refractivity contribution in [1.29, 1.82) is 0 Å². The van der Waals surface area contributed by atoms with Crippen LogP contribution in [0.1, 0.15) is 58.4 Å². The Morgan fingerprint density at radius 1 is 1.00 bits per heavy atom. The Labute approximate surface area is 106 Å². The zero-order valence-electron chi connectivity index (χ0n) is 11.6. The molecule has 0 atom stereocenters. The maximum absolute atomic E-state index is 2.40. The first-order chi connectivity index (χ1) is 8.08. The van der Waals surface area contributed by atoms with Crippen LogP contribution in [-0.2, 0) is 5.41 Å². The molecule has 17 heavy (non-hydrogen) atoms. The fourth-order valence-corrected chi connectivity index (χ4v) is 3.26. The highest BCUT2D eigenvalue weighted by Crippen LogP contribution is 2.38. The average Bonchev–Trinajstić information content (AvgIpc) is 2.33. The van der Waals surface area contributed by atoms with E-state index in [2.05, 4.69) is 51.1 Å². The zero-order chi connectivity index (χ0) is 12.3. The molecule has 0 bridgehead atoms. The third kappa shape index (κ3) is 3.34. The maximum Gasteiger partial charge on any atom is -0.0101 e. The molecule has 0 radical (unpaired) electrons. The van der Waals surface area contributed by atoms with Gasteiger partial charge in [-0.2, -0.15) is 0 Å². The Morgan fingerprint density at radius 2 is 1.59 bits per heavy atom. The summed E-state index contributed by atoms with van der Waals surface area (Å²) in [7, 11) is 0. The summed E-state index contributed by atoms with van der Waals surface area (Å²) in [5.74, 6) is 1.91. The molecule has 1 aromatic rings. The SMILES string of the molecule is CC1CCC(CC(C)(C)c2ccccc2)CC1. The number of hydrogen-bond donors (Lipinski definition) is 0. The van der Waals surface area contributed by atoms with E-state index >= 15 is 0 Å². The highest BCUT2D eigenvalue weighted by atomic mass is 14.3. The molecule has 1 aliphatic carbocycles. The van der Waals surface area contributed by atoms with E-state index in [-0.39, 0.29) is 0 Å². The molecule has 0 N–H and O–H groups in total. The Morgan fingerprint density at radius 3 is 2.18 bits per heavy atom.